The molecule has 0 aromatic heterocycles. The summed E-state index contributed by atoms with van der Waals surface area (Å²) in [5.74, 6) is 0.245. The van der Waals surface area contributed by atoms with E-state index in [1.54, 1.807) is 0 Å². The van der Waals surface area contributed by atoms with Crippen molar-refractivity contribution in [2.75, 3.05) is 0 Å². The Morgan fingerprint density at radius 2 is 2.00 bits per heavy atom. The van der Waals surface area contributed by atoms with Crippen molar-refractivity contribution in [1.29, 1.82) is 0 Å². The largest absolute Gasteiger partial charge is 0.294 e. The van der Waals surface area contributed by atoms with Gasteiger partial charge in [0.05, 0.1) is 0 Å². The Labute approximate surface area is 85.5 Å². The van der Waals surface area contributed by atoms with E-state index in [1.165, 1.54) is 0 Å². The van der Waals surface area contributed by atoms with Crippen LogP contribution in [0.5, 0.6) is 0 Å². The Hall–Kier alpha value is -1.37. The van der Waals surface area contributed by atoms with E-state index in [0.717, 1.165) is 18.4 Å². The number of unbranched alkanes of at least 4 members (excludes halogenated alkanes) is 1. The highest BCUT2D eigenvalue weighted by molar-refractivity contribution is 5.95. The van der Waals surface area contributed by atoms with Crippen molar-refractivity contribution in [3.8, 4) is 0 Å². The molecular weight excluding hydrogens is 172 g/mol. The van der Waals surface area contributed by atoms with Gasteiger partial charge in [0.15, 0.2) is 5.78 Å². The normalized spacial score (nSPS) is 10.6. The van der Waals surface area contributed by atoms with E-state index < -0.39 is 0 Å². The Bertz CT molecular complexity index is 298. The van der Waals surface area contributed by atoms with E-state index in [-0.39, 0.29) is 5.78 Å². The summed E-state index contributed by atoms with van der Waals surface area (Å²) in [6, 6.07) is 9.48. The van der Waals surface area contributed by atoms with Crippen LogP contribution in [0.3, 0.4) is 0 Å². The molecule has 0 heterocycles. The van der Waals surface area contributed by atoms with E-state index in [2.05, 4.69) is 6.08 Å². The molecule has 0 unspecified atom stereocenters. The molecule has 1 aromatic rings. The maximum absolute atomic E-state index is 11.6. The number of ketones is 1. The van der Waals surface area contributed by atoms with Crippen molar-refractivity contribution < 1.29 is 4.79 Å². The summed E-state index contributed by atoms with van der Waals surface area (Å²) in [6.07, 6.45) is 6.70. The maximum atomic E-state index is 11.6. The summed E-state index contributed by atoms with van der Waals surface area (Å²) >= 11 is 0. The van der Waals surface area contributed by atoms with Crippen molar-refractivity contribution in [1.82, 2.24) is 0 Å². The molecule has 0 spiro atoms. The van der Waals surface area contributed by atoms with Crippen LogP contribution in [0.2, 0.25) is 0 Å². The Morgan fingerprint density at radius 3 is 2.64 bits per heavy atom. The van der Waals surface area contributed by atoms with Gasteiger partial charge in [0.25, 0.3) is 0 Å². The first kappa shape index (κ1) is 10.7. The minimum absolute atomic E-state index is 0.245. The first-order valence-electron chi connectivity index (χ1n) is 5.04. The molecule has 74 valence electrons. The molecule has 0 N–H and O–H groups in total. The van der Waals surface area contributed by atoms with Gasteiger partial charge in [-0.3, -0.25) is 4.79 Å². The summed E-state index contributed by atoms with van der Waals surface area (Å²) in [4.78, 5) is 11.6. The molecule has 0 atom stereocenters. The predicted octanol–water partition coefficient (Wildman–Crippen LogP) is 3.62. The second kappa shape index (κ2) is 6.14. The number of hydrogen-bond acceptors (Lipinski definition) is 1. The number of rotatable bonds is 5. The van der Waals surface area contributed by atoms with E-state index in [1.807, 2.05) is 43.3 Å². The molecule has 0 aliphatic rings. The van der Waals surface area contributed by atoms with Crippen LogP contribution in [0.1, 0.15) is 36.5 Å². The predicted molar refractivity (Wildman–Crippen MR) is 59.4 cm³/mol. The van der Waals surface area contributed by atoms with Crippen LogP contribution >= 0.6 is 0 Å². The smallest absolute Gasteiger partial charge is 0.162 e. The molecule has 0 aliphatic heterocycles. The highest BCUT2D eigenvalue weighted by atomic mass is 16.1. The summed E-state index contributed by atoms with van der Waals surface area (Å²) in [6.45, 7) is 2.00. The SMILES string of the molecule is C/C=C/CCCC(=O)c1ccccc1. The standard InChI is InChI=1S/C13H16O/c1-2-3-4-8-11-13(14)12-9-6-5-7-10-12/h2-3,5-7,9-10H,4,8,11H2,1H3/b3-2+. The summed E-state index contributed by atoms with van der Waals surface area (Å²) in [5, 5.41) is 0. The third-order valence-electron chi connectivity index (χ3n) is 2.11. The van der Waals surface area contributed by atoms with Crippen LogP contribution in [0.25, 0.3) is 0 Å². The molecule has 0 saturated heterocycles. The lowest BCUT2D eigenvalue weighted by molar-refractivity contribution is 0.0980. The highest BCUT2D eigenvalue weighted by Crippen LogP contribution is 2.06. The molecule has 0 bridgehead atoms. The minimum atomic E-state index is 0.245. The maximum Gasteiger partial charge on any atom is 0.162 e. The van der Waals surface area contributed by atoms with Crippen molar-refractivity contribution in [3.63, 3.8) is 0 Å². The first-order valence-corrected chi connectivity index (χ1v) is 5.04. The van der Waals surface area contributed by atoms with Crippen LogP contribution in [-0.2, 0) is 0 Å². The van der Waals surface area contributed by atoms with Crippen LogP contribution in [-0.4, -0.2) is 5.78 Å². The second-order valence-corrected chi connectivity index (χ2v) is 3.25. The van der Waals surface area contributed by atoms with Crippen molar-refractivity contribution in [2.24, 2.45) is 0 Å². The summed E-state index contributed by atoms with van der Waals surface area (Å²) in [5.41, 5.74) is 0.827. The molecule has 0 fully saturated rings. The van der Waals surface area contributed by atoms with E-state index in [0.29, 0.717) is 6.42 Å². The van der Waals surface area contributed by atoms with Crippen LogP contribution < -0.4 is 0 Å². The van der Waals surface area contributed by atoms with Gasteiger partial charge in [0.1, 0.15) is 0 Å². The number of carbonyl (C=O) groups is 1. The second-order valence-electron chi connectivity index (χ2n) is 3.25. The molecule has 0 saturated carbocycles. The fraction of sp³-hybridized carbons (Fsp3) is 0.308. The van der Waals surface area contributed by atoms with Gasteiger partial charge in [-0.1, -0.05) is 42.5 Å². The average molecular weight is 188 g/mol. The van der Waals surface area contributed by atoms with Crippen LogP contribution in [0, 0.1) is 0 Å². The molecule has 1 rings (SSSR count). The molecule has 1 aromatic carbocycles. The number of carbonyl (C=O) groups excluding carboxylic acids is 1. The quantitative estimate of drug-likeness (QED) is 0.392. The third kappa shape index (κ3) is 3.56. The zero-order valence-corrected chi connectivity index (χ0v) is 8.57. The molecular formula is C13H16O. The zero-order chi connectivity index (χ0) is 10.2. The molecule has 1 heteroatoms. The Balaban J connectivity index is 2.36. The molecule has 0 aliphatic carbocycles. The van der Waals surface area contributed by atoms with Crippen molar-refractivity contribution >= 4 is 5.78 Å². The summed E-state index contributed by atoms with van der Waals surface area (Å²) < 4.78 is 0. The topological polar surface area (TPSA) is 17.1 Å². The number of benzene rings is 1. The van der Waals surface area contributed by atoms with E-state index in [9.17, 15) is 4.79 Å². The lowest BCUT2D eigenvalue weighted by Gasteiger charge is -1.98. The van der Waals surface area contributed by atoms with Gasteiger partial charge in [0, 0.05) is 12.0 Å². The number of Topliss-reactive ketones (excluding diaryl/α,β-unsaturated/α-hetero) is 1. The van der Waals surface area contributed by atoms with Gasteiger partial charge in [0.2, 0.25) is 0 Å². The molecule has 0 amide bonds. The van der Waals surface area contributed by atoms with Gasteiger partial charge in [-0.15, -0.1) is 0 Å². The third-order valence-corrected chi connectivity index (χ3v) is 2.11. The molecule has 0 radical (unpaired) electrons. The van der Waals surface area contributed by atoms with Crippen LogP contribution in [0.15, 0.2) is 42.5 Å². The fourth-order valence-corrected chi connectivity index (χ4v) is 1.32. The van der Waals surface area contributed by atoms with Gasteiger partial charge in [-0.25, -0.2) is 0 Å². The lowest BCUT2D eigenvalue weighted by atomic mass is 10.1. The van der Waals surface area contributed by atoms with Gasteiger partial charge < -0.3 is 0 Å². The molecule has 14 heavy (non-hydrogen) atoms. The zero-order valence-electron chi connectivity index (χ0n) is 8.57. The van der Waals surface area contributed by atoms with Crippen molar-refractivity contribution in [2.45, 2.75) is 26.2 Å². The Kier molecular flexibility index (Phi) is 4.70. The average Bonchev–Trinajstić information content (AvgIpc) is 2.25. The Morgan fingerprint density at radius 1 is 1.29 bits per heavy atom. The summed E-state index contributed by atoms with van der Waals surface area (Å²) in [7, 11) is 0. The lowest BCUT2D eigenvalue weighted by Crippen LogP contribution is -1.97. The van der Waals surface area contributed by atoms with Gasteiger partial charge in [-0.2, -0.15) is 0 Å². The van der Waals surface area contributed by atoms with E-state index in [4.69, 9.17) is 0 Å². The molecule has 1 nitrogen and oxygen atoms in total. The minimum Gasteiger partial charge on any atom is -0.294 e. The first-order chi connectivity index (χ1) is 6.84. The number of hydrogen-bond donors (Lipinski definition) is 0. The monoisotopic (exact) mass is 188 g/mol. The highest BCUT2D eigenvalue weighted by Gasteiger charge is 2.02. The van der Waals surface area contributed by atoms with E-state index >= 15 is 0 Å². The van der Waals surface area contributed by atoms with Gasteiger partial charge in [-0.05, 0) is 19.8 Å². The van der Waals surface area contributed by atoms with Crippen LogP contribution in [0.4, 0.5) is 0 Å². The fourth-order valence-electron chi connectivity index (χ4n) is 1.32. The van der Waals surface area contributed by atoms with Crippen molar-refractivity contribution in [3.05, 3.63) is 48.0 Å². The number of allylic oxidation sites excluding steroid dienone is 2. The van der Waals surface area contributed by atoms with Gasteiger partial charge >= 0.3 is 0 Å².